The van der Waals surface area contributed by atoms with E-state index in [9.17, 15) is 9.90 Å². The number of benzene rings is 2. The maximum absolute atomic E-state index is 11.8. The highest BCUT2D eigenvalue weighted by atomic mass is 16.4. The Kier molecular flexibility index (Phi) is 4.73. The molecule has 0 bridgehead atoms. The Bertz CT molecular complexity index is 1000. The number of aliphatic carboxylic acids is 1. The predicted octanol–water partition coefficient (Wildman–Crippen LogP) is 3.34. The zero-order valence-corrected chi connectivity index (χ0v) is 16.4. The van der Waals surface area contributed by atoms with Crippen molar-refractivity contribution in [1.82, 2.24) is 19.7 Å². The minimum atomic E-state index is -0.814. The van der Waals surface area contributed by atoms with Crippen LogP contribution < -0.4 is 0 Å². The van der Waals surface area contributed by atoms with Gasteiger partial charge in [0, 0.05) is 6.54 Å². The maximum atomic E-state index is 11.8. The third-order valence-corrected chi connectivity index (χ3v) is 5.33. The van der Waals surface area contributed by atoms with Gasteiger partial charge < -0.3 is 9.67 Å². The van der Waals surface area contributed by atoms with Gasteiger partial charge in [-0.15, -0.1) is 10.2 Å². The Morgan fingerprint density at radius 2 is 1.71 bits per heavy atom. The molecular weight excluding hydrogens is 352 g/mol. The summed E-state index contributed by atoms with van der Waals surface area (Å²) in [6, 6.07) is 14.3. The Morgan fingerprint density at radius 1 is 1.04 bits per heavy atom. The Labute approximate surface area is 164 Å². The molecule has 0 saturated carbocycles. The molecular formula is C22H24N4O2. The molecule has 144 valence electrons. The molecule has 28 heavy (non-hydrogen) atoms. The van der Waals surface area contributed by atoms with Gasteiger partial charge in [0.1, 0.15) is 17.7 Å². The molecule has 1 aromatic heterocycles. The van der Waals surface area contributed by atoms with Gasteiger partial charge in [-0.3, -0.25) is 9.69 Å². The van der Waals surface area contributed by atoms with E-state index in [1.54, 1.807) is 0 Å². The van der Waals surface area contributed by atoms with E-state index in [1.807, 2.05) is 16.4 Å². The van der Waals surface area contributed by atoms with E-state index in [1.165, 1.54) is 22.3 Å². The van der Waals surface area contributed by atoms with Crippen molar-refractivity contribution in [2.45, 2.75) is 46.4 Å². The molecule has 1 unspecified atom stereocenters. The lowest BCUT2D eigenvalue weighted by atomic mass is 9.99. The van der Waals surface area contributed by atoms with E-state index in [0.29, 0.717) is 19.6 Å². The monoisotopic (exact) mass is 376 g/mol. The zero-order chi connectivity index (χ0) is 19.8. The summed E-state index contributed by atoms with van der Waals surface area (Å²) in [7, 11) is 0. The second-order valence-electron chi connectivity index (χ2n) is 7.61. The highest BCUT2D eigenvalue weighted by Crippen LogP contribution is 2.25. The minimum absolute atomic E-state index is 0.379. The highest BCUT2D eigenvalue weighted by molar-refractivity contribution is 5.73. The first-order chi connectivity index (χ1) is 13.4. The molecule has 1 aliphatic heterocycles. The van der Waals surface area contributed by atoms with Crippen molar-refractivity contribution in [3.8, 4) is 11.1 Å². The second-order valence-corrected chi connectivity index (χ2v) is 7.61. The van der Waals surface area contributed by atoms with Crippen LogP contribution in [0.4, 0.5) is 0 Å². The number of carbonyl (C=O) groups is 1. The van der Waals surface area contributed by atoms with Gasteiger partial charge in [-0.25, -0.2) is 0 Å². The molecule has 1 atom stereocenters. The number of rotatable bonds is 4. The maximum Gasteiger partial charge on any atom is 0.322 e. The van der Waals surface area contributed by atoms with Crippen LogP contribution in [0.1, 0.15) is 28.3 Å². The number of nitrogens with zero attached hydrogens (tertiary/aromatic N) is 4. The van der Waals surface area contributed by atoms with Crippen LogP contribution in [0, 0.1) is 20.8 Å². The van der Waals surface area contributed by atoms with Gasteiger partial charge in [0.05, 0.1) is 13.1 Å². The van der Waals surface area contributed by atoms with Gasteiger partial charge in [-0.1, -0.05) is 53.6 Å². The summed E-state index contributed by atoms with van der Waals surface area (Å²) in [4.78, 5) is 13.8. The third kappa shape index (κ3) is 3.55. The summed E-state index contributed by atoms with van der Waals surface area (Å²) in [5, 5.41) is 18.0. The topological polar surface area (TPSA) is 71.2 Å². The second kappa shape index (κ2) is 7.20. The molecule has 0 spiro atoms. The Morgan fingerprint density at radius 3 is 2.36 bits per heavy atom. The molecule has 6 nitrogen and oxygen atoms in total. The molecule has 3 aromatic rings. The standard InChI is InChI=1S/C22H24N4O2/c1-14-8-15(2)10-19(9-14)18-6-4-17(5-7-18)11-25-13-21-24-23-16(3)26(21)12-20(25)22(27)28/h4-10,20H,11-13H2,1-3H3,(H,27,28). The quantitative estimate of drug-likeness (QED) is 0.756. The van der Waals surface area contributed by atoms with Gasteiger partial charge in [0.15, 0.2) is 0 Å². The van der Waals surface area contributed by atoms with Crippen LogP contribution in [0.2, 0.25) is 0 Å². The van der Waals surface area contributed by atoms with Crippen LogP contribution in [0.5, 0.6) is 0 Å². The fourth-order valence-electron chi connectivity index (χ4n) is 3.94. The number of aromatic nitrogens is 3. The Hall–Kier alpha value is -2.99. The Balaban J connectivity index is 1.55. The fourth-order valence-corrected chi connectivity index (χ4v) is 3.94. The number of hydrogen-bond acceptors (Lipinski definition) is 4. The van der Waals surface area contributed by atoms with Gasteiger partial charge in [-0.2, -0.15) is 0 Å². The van der Waals surface area contributed by atoms with Crippen LogP contribution >= 0.6 is 0 Å². The normalized spacial score (nSPS) is 16.8. The SMILES string of the molecule is Cc1cc(C)cc(-c2ccc(CN3Cc4nnc(C)n4CC3C(=O)O)cc2)c1. The average molecular weight is 376 g/mol. The summed E-state index contributed by atoms with van der Waals surface area (Å²) in [6.07, 6.45) is 0. The first kappa shape index (κ1) is 18.4. The predicted molar refractivity (Wildman–Crippen MR) is 107 cm³/mol. The lowest BCUT2D eigenvalue weighted by Crippen LogP contribution is -2.47. The van der Waals surface area contributed by atoms with Crippen LogP contribution in [0.15, 0.2) is 42.5 Å². The van der Waals surface area contributed by atoms with E-state index in [-0.39, 0.29) is 0 Å². The van der Waals surface area contributed by atoms with Gasteiger partial charge in [0.25, 0.3) is 0 Å². The van der Waals surface area contributed by atoms with E-state index in [0.717, 1.165) is 17.2 Å². The van der Waals surface area contributed by atoms with Crippen molar-refractivity contribution in [2.75, 3.05) is 0 Å². The first-order valence-corrected chi connectivity index (χ1v) is 9.44. The van der Waals surface area contributed by atoms with Crippen LogP contribution in [-0.4, -0.2) is 36.8 Å². The number of hydrogen-bond donors (Lipinski definition) is 1. The van der Waals surface area contributed by atoms with Gasteiger partial charge in [0.2, 0.25) is 0 Å². The summed E-state index contributed by atoms with van der Waals surface area (Å²) < 4.78 is 1.90. The molecule has 2 heterocycles. The minimum Gasteiger partial charge on any atom is -0.480 e. The lowest BCUT2D eigenvalue weighted by molar-refractivity contribution is -0.145. The van der Waals surface area contributed by atoms with Crippen molar-refractivity contribution in [2.24, 2.45) is 0 Å². The van der Waals surface area contributed by atoms with E-state index < -0.39 is 12.0 Å². The first-order valence-electron chi connectivity index (χ1n) is 9.44. The smallest absolute Gasteiger partial charge is 0.322 e. The molecule has 6 heteroatoms. The summed E-state index contributed by atoms with van der Waals surface area (Å²) in [5.74, 6) is 0.770. The van der Waals surface area contributed by atoms with Crippen molar-refractivity contribution in [3.63, 3.8) is 0 Å². The molecule has 1 N–H and O–H groups in total. The fraction of sp³-hybridized carbons (Fsp3) is 0.318. The van der Waals surface area contributed by atoms with Crippen molar-refractivity contribution in [3.05, 3.63) is 70.8 Å². The molecule has 0 amide bonds. The number of carboxylic acids is 1. The van der Waals surface area contributed by atoms with Crippen LogP contribution in [-0.2, 0) is 24.4 Å². The van der Waals surface area contributed by atoms with Crippen molar-refractivity contribution in [1.29, 1.82) is 0 Å². The summed E-state index contributed by atoms with van der Waals surface area (Å²) >= 11 is 0. The van der Waals surface area contributed by atoms with Crippen molar-refractivity contribution >= 4 is 5.97 Å². The molecule has 1 aliphatic rings. The third-order valence-electron chi connectivity index (χ3n) is 5.33. The summed E-state index contributed by atoms with van der Waals surface area (Å²) in [5.41, 5.74) is 5.95. The van der Waals surface area contributed by atoms with Crippen LogP contribution in [0.3, 0.4) is 0 Å². The van der Waals surface area contributed by atoms with E-state index in [4.69, 9.17) is 0 Å². The zero-order valence-electron chi connectivity index (χ0n) is 16.4. The van der Waals surface area contributed by atoms with Gasteiger partial charge >= 0.3 is 5.97 Å². The number of fused-ring (bicyclic) bond motifs is 1. The largest absolute Gasteiger partial charge is 0.480 e. The molecule has 0 fully saturated rings. The van der Waals surface area contributed by atoms with Crippen molar-refractivity contribution < 1.29 is 9.90 Å². The molecule has 0 radical (unpaired) electrons. The molecule has 0 saturated heterocycles. The molecule has 2 aromatic carbocycles. The average Bonchev–Trinajstić information content (AvgIpc) is 3.01. The van der Waals surface area contributed by atoms with E-state index >= 15 is 0 Å². The van der Waals surface area contributed by atoms with Crippen LogP contribution in [0.25, 0.3) is 11.1 Å². The molecule has 0 aliphatic carbocycles. The lowest BCUT2D eigenvalue weighted by Gasteiger charge is -2.33. The molecule has 4 rings (SSSR count). The van der Waals surface area contributed by atoms with E-state index in [2.05, 4.69) is 66.5 Å². The number of carboxylic acid groups (broad SMARTS) is 1. The summed E-state index contributed by atoms with van der Waals surface area (Å²) in [6.45, 7) is 7.50. The highest BCUT2D eigenvalue weighted by Gasteiger charge is 2.33. The van der Waals surface area contributed by atoms with Gasteiger partial charge in [-0.05, 0) is 37.5 Å². The number of aryl methyl sites for hydroxylation is 3.